The maximum absolute atomic E-state index is 12.3. The molecule has 3 N–H and O–H groups in total. The van der Waals surface area contributed by atoms with E-state index in [1.54, 1.807) is 5.57 Å². The van der Waals surface area contributed by atoms with E-state index in [0.717, 1.165) is 88.9 Å². The van der Waals surface area contributed by atoms with Gasteiger partial charge in [-0.15, -0.1) is 0 Å². The Morgan fingerprint density at radius 2 is 1.13 bits per heavy atom. The molecule has 14 atom stereocenters. The molecular weight excluding hydrogens is 777 g/mol. The van der Waals surface area contributed by atoms with Crippen molar-refractivity contribution in [1.29, 1.82) is 0 Å². The van der Waals surface area contributed by atoms with Gasteiger partial charge in [-0.25, -0.2) is 0 Å². The average Bonchev–Trinajstić information content (AvgIpc) is 3.68. The Balaban J connectivity index is 0.000000201. The van der Waals surface area contributed by atoms with Crippen LogP contribution in [-0.4, -0.2) is 69.6 Å². The van der Waals surface area contributed by atoms with Crippen molar-refractivity contribution >= 4 is 29.8 Å². The Hall–Kier alpha value is -3.21. The van der Waals surface area contributed by atoms with Gasteiger partial charge < -0.3 is 29.5 Å². The molecule has 0 aromatic carbocycles. The summed E-state index contributed by atoms with van der Waals surface area (Å²) >= 11 is 0. The highest BCUT2D eigenvalue weighted by Crippen LogP contribution is 2.68. The quantitative estimate of drug-likeness (QED) is 0.115. The van der Waals surface area contributed by atoms with Crippen LogP contribution in [0.3, 0.4) is 0 Å². The van der Waals surface area contributed by atoms with E-state index in [0.29, 0.717) is 23.7 Å². The van der Waals surface area contributed by atoms with Crippen molar-refractivity contribution in [2.45, 2.75) is 195 Å². The van der Waals surface area contributed by atoms with E-state index in [-0.39, 0.29) is 83.1 Å². The number of ether oxygens (including phenoxy) is 3. The molecule has 8 aliphatic rings. The third-order valence-electron chi connectivity index (χ3n) is 18.8. The van der Waals surface area contributed by atoms with Crippen LogP contribution in [0.5, 0.6) is 0 Å². The molecule has 0 radical (unpaired) electrons. The Morgan fingerprint density at radius 3 is 1.75 bits per heavy atom. The first-order valence-electron chi connectivity index (χ1n) is 23.7. The molecular formula is C50H74O11. The number of allylic oxidation sites excluding steroid dienone is 2. The van der Waals surface area contributed by atoms with Crippen molar-refractivity contribution in [3.05, 3.63) is 23.3 Å². The zero-order valence-corrected chi connectivity index (χ0v) is 38.0. The molecule has 0 aliphatic heterocycles. The number of hydrogen-bond donors (Lipinski definition) is 3. The minimum atomic E-state index is -0.998. The van der Waals surface area contributed by atoms with Crippen LogP contribution in [0.15, 0.2) is 23.3 Å². The summed E-state index contributed by atoms with van der Waals surface area (Å²) in [6.45, 7) is 15.3. The molecule has 0 bridgehead atoms. The topological polar surface area (TPSA) is 174 Å². The number of carboxylic acids is 2. The van der Waals surface area contributed by atoms with Crippen molar-refractivity contribution in [2.24, 2.45) is 62.6 Å². The second-order valence-corrected chi connectivity index (χ2v) is 22.1. The van der Waals surface area contributed by atoms with Crippen molar-refractivity contribution < 1.29 is 53.5 Å². The molecule has 0 aromatic rings. The maximum Gasteiger partial charge on any atom is 0.306 e. The van der Waals surface area contributed by atoms with E-state index >= 15 is 0 Å². The lowest BCUT2D eigenvalue weighted by Gasteiger charge is -2.61. The number of fused-ring (bicyclic) bond motifs is 10. The van der Waals surface area contributed by atoms with Crippen molar-refractivity contribution in [1.82, 2.24) is 0 Å². The number of carbonyl (C=O) groups is 5. The second kappa shape index (κ2) is 17.1. The summed E-state index contributed by atoms with van der Waals surface area (Å²) in [7, 11) is 0. The zero-order chi connectivity index (χ0) is 44.3. The Labute approximate surface area is 363 Å². The maximum atomic E-state index is 12.3. The number of rotatable bonds is 9. The smallest absolute Gasteiger partial charge is 0.306 e. The predicted octanol–water partition coefficient (Wildman–Crippen LogP) is 9.38. The van der Waals surface area contributed by atoms with E-state index < -0.39 is 23.9 Å². The second-order valence-electron chi connectivity index (χ2n) is 22.1. The number of aliphatic hydroxyl groups is 1. The fraction of sp³-hybridized carbons (Fsp3) is 0.820. The summed E-state index contributed by atoms with van der Waals surface area (Å²) in [6.07, 6.45) is 19.2. The molecule has 6 unspecified atom stereocenters. The first kappa shape index (κ1) is 45.8. The van der Waals surface area contributed by atoms with Crippen LogP contribution < -0.4 is 0 Å². The van der Waals surface area contributed by atoms with Gasteiger partial charge in [0, 0.05) is 24.2 Å². The average molecular weight is 851 g/mol. The van der Waals surface area contributed by atoms with Gasteiger partial charge in [0.2, 0.25) is 0 Å². The highest BCUT2D eigenvalue weighted by molar-refractivity contribution is 5.77. The van der Waals surface area contributed by atoms with Crippen molar-refractivity contribution in [3.8, 4) is 0 Å². The summed E-state index contributed by atoms with van der Waals surface area (Å²) < 4.78 is 17.2. The van der Waals surface area contributed by atoms with Gasteiger partial charge in [-0.2, -0.15) is 0 Å². The lowest BCUT2D eigenvalue weighted by molar-refractivity contribution is -0.164. The highest BCUT2D eigenvalue weighted by Gasteiger charge is 2.63. The number of carboxylic acid groups (broad SMARTS) is 2. The lowest BCUT2D eigenvalue weighted by Crippen LogP contribution is -2.55. The minimum absolute atomic E-state index is 0.00791. The van der Waals surface area contributed by atoms with E-state index in [1.165, 1.54) is 31.8 Å². The van der Waals surface area contributed by atoms with Gasteiger partial charge in [0.15, 0.2) is 0 Å². The molecule has 0 amide bonds. The van der Waals surface area contributed by atoms with Gasteiger partial charge >= 0.3 is 29.8 Å². The molecule has 0 spiro atoms. The van der Waals surface area contributed by atoms with Crippen LogP contribution >= 0.6 is 0 Å². The number of carbonyl (C=O) groups excluding carboxylic acids is 3. The minimum Gasteiger partial charge on any atom is -0.481 e. The largest absolute Gasteiger partial charge is 0.481 e. The number of aliphatic carboxylic acids is 2. The van der Waals surface area contributed by atoms with E-state index in [2.05, 4.69) is 53.7 Å². The SMILES string of the molecule is CC(=O)O[C@H]1CC[C@@]2(C)C(=CCC3C2CC[C@@]2(C)C3CC[C@@H]2O)C1.CC1(C)C2=CCC3C(CC[C@@]4(C)C3CC[C@@H]4OC(=O)CCC(=O)O)[C@@]2(C)CC[C@@H]1OC(=O)CCC(=O)O. The third-order valence-corrected chi connectivity index (χ3v) is 18.8. The summed E-state index contributed by atoms with van der Waals surface area (Å²) in [5.74, 6) is 0.649. The van der Waals surface area contributed by atoms with E-state index in [9.17, 15) is 29.1 Å². The van der Waals surface area contributed by atoms with E-state index in [4.69, 9.17) is 24.4 Å². The molecule has 8 aliphatic carbocycles. The van der Waals surface area contributed by atoms with Gasteiger partial charge in [-0.05, 0) is 142 Å². The zero-order valence-electron chi connectivity index (χ0n) is 38.0. The van der Waals surface area contributed by atoms with Crippen molar-refractivity contribution in [3.63, 3.8) is 0 Å². The molecule has 11 heteroatoms. The van der Waals surface area contributed by atoms with Gasteiger partial charge in [0.05, 0.1) is 31.8 Å². The van der Waals surface area contributed by atoms with Crippen LogP contribution in [0.1, 0.15) is 170 Å². The van der Waals surface area contributed by atoms with Gasteiger partial charge in [0.1, 0.15) is 18.3 Å². The fourth-order valence-electron chi connectivity index (χ4n) is 15.5. The molecule has 0 heterocycles. The van der Waals surface area contributed by atoms with Gasteiger partial charge in [0.25, 0.3) is 0 Å². The molecule has 6 fully saturated rings. The monoisotopic (exact) mass is 851 g/mol. The van der Waals surface area contributed by atoms with Crippen LogP contribution in [0.2, 0.25) is 0 Å². The third kappa shape index (κ3) is 8.36. The van der Waals surface area contributed by atoms with Crippen LogP contribution in [0, 0.1) is 62.6 Å². The molecule has 340 valence electrons. The Morgan fingerprint density at radius 1 is 0.590 bits per heavy atom. The molecule has 0 saturated heterocycles. The summed E-state index contributed by atoms with van der Waals surface area (Å²) in [5, 5.41) is 28.3. The summed E-state index contributed by atoms with van der Waals surface area (Å²) in [4.78, 5) is 57.7. The number of aliphatic hydroxyl groups excluding tert-OH is 1. The normalized spacial score (nSPS) is 42.8. The van der Waals surface area contributed by atoms with Crippen molar-refractivity contribution in [2.75, 3.05) is 0 Å². The number of esters is 3. The number of hydrogen-bond acceptors (Lipinski definition) is 9. The molecule has 6 saturated carbocycles. The Bertz CT molecular complexity index is 1800. The molecule has 11 nitrogen and oxygen atoms in total. The van der Waals surface area contributed by atoms with E-state index in [1.807, 2.05) is 0 Å². The standard InChI is InChI=1S/C29H42O8.C21H32O3/c1-27(2)20-7-5-17-18-6-8-22(37-26(35)12-10-24(32)33)29(18,4)15-13-19(17)28(20,3)16-14-21(27)36-25(34)11-9-23(30)31;1-13(22)24-15-8-10-20(2)14(12-15)4-5-16-17-6-7-19(23)21(17,3)11-9-18(16)20/h7,17-19,21-22H,5-6,8-16H2,1-4H3,(H,30,31)(H,32,33);4,15-19,23H,5-12H2,1-3H3/t17?,18?,19?,21-,22-,28+,29-;15-,16?,17?,18?,19-,20-,21-/m00/s1. The fourth-order valence-corrected chi connectivity index (χ4v) is 15.5. The predicted molar refractivity (Wildman–Crippen MR) is 228 cm³/mol. The first-order valence-corrected chi connectivity index (χ1v) is 23.7. The lowest BCUT2D eigenvalue weighted by atomic mass is 9.45. The van der Waals surface area contributed by atoms with Crippen LogP contribution in [0.4, 0.5) is 0 Å². The van der Waals surface area contributed by atoms with Crippen LogP contribution in [-0.2, 0) is 38.2 Å². The van der Waals surface area contributed by atoms with Crippen LogP contribution in [0.25, 0.3) is 0 Å². The van der Waals surface area contributed by atoms with Gasteiger partial charge in [-0.1, -0.05) is 64.8 Å². The molecule has 8 rings (SSSR count). The summed E-state index contributed by atoms with van der Waals surface area (Å²) in [5.41, 5.74) is 2.94. The van der Waals surface area contributed by atoms with Gasteiger partial charge in [-0.3, -0.25) is 24.0 Å². The summed E-state index contributed by atoms with van der Waals surface area (Å²) in [6, 6.07) is 0. The molecule has 61 heavy (non-hydrogen) atoms. The first-order chi connectivity index (χ1) is 28.6. The highest BCUT2D eigenvalue weighted by atomic mass is 16.6. The Kier molecular flexibility index (Phi) is 12.8. The molecule has 0 aromatic heterocycles.